The molecule has 0 spiro atoms. The molecule has 1 fully saturated rings. The number of nitrogens with zero attached hydrogens (tertiary/aromatic N) is 3. The summed E-state index contributed by atoms with van der Waals surface area (Å²) in [5.41, 5.74) is 1.27. The SMILES string of the molecule is CC[C@H](C)n1nccc1CNCCN1CCOCC1. The van der Waals surface area contributed by atoms with Gasteiger partial charge >= 0.3 is 0 Å². The van der Waals surface area contributed by atoms with Gasteiger partial charge < -0.3 is 10.1 Å². The van der Waals surface area contributed by atoms with Crippen molar-refractivity contribution in [3.63, 3.8) is 0 Å². The van der Waals surface area contributed by atoms with Gasteiger partial charge in [-0.05, 0) is 19.4 Å². The minimum absolute atomic E-state index is 0.478. The van der Waals surface area contributed by atoms with Gasteiger partial charge in [0, 0.05) is 45.0 Å². The molecule has 5 heteroatoms. The molecule has 5 nitrogen and oxygen atoms in total. The second-order valence-corrected chi connectivity index (χ2v) is 5.16. The number of morpholine rings is 1. The van der Waals surface area contributed by atoms with Gasteiger partial charge in [-0.2, -0.15) is 5.10 Å². The maximum Gasteiger partial charge on any atom is 0.0594 e. The van der Waals surface area contributed by atoms with Crippen LogP contribution >= 0.6 is 0 Å². The molecule has 0 unspecified atom stereocenters. The van der Waals surface area contributed by atoms with Gasteiger partial charge in [-0.15, -0.1) is 0 Å². The zero-order valence-electron chi connectivity index (χ0n) is 12.1. The molecule has 0 saturated carbocycles. The molecule has 2 rings (SSSR count). The van der Waals surface area contributed by atoms with E-state index in [1.165, 1.54) is 5.69 Å². The molecule has 0 bridgehead atoms. The van der Waals surface area contributed by atoms with Gasteiger partial charge in [-0.25, -0.2) is 0 Å². The van der Waals surface area contributed by atoms with Crippen molar-refractivity contribution in [2.45, 2.75) is 32.9 Å². The third-order valence-electron chi connectivity index (χ3n) is 3.78. The molecule has 1 atom stereocenters. The molecule has 1 aromatic heterocycles. The Hall–Kier alpha value is -0.910. The van der Waals surface area contributed by atoms with Crippen LogP contribution in [-0.2, 0) is 11.3 Å². The van der Waals surface area contributed by atoms with Crippen LogP contribution in [0.25, 0.3) is 0 Å². The highest BCUT2D eigenvalue weighted by atomic mass is 16.5. The van der Waals surface area contributed by atoms with Gasteiger partial charge in [0.2, 0.25) is 0 Å². The lowest BCUT2D eigenvalue weighted by molar-refractivity contribution is 0.0384. The summed E-state index contributed by atoms with van der Waals surface area (Å²) in [7, 11) is 0. The maximum atomic E-state index is 5.35. The van der Waals surface area contributed by atoms with Crippen LogP contribution in [-0.4, -0.2) is 54.1 Å². The van der Waals surface area contributed by atoms with E-state index in [2.05, 4.69) is 39.9 Å². The van der Waals surface area contributed by atoms with E-state index in [1.54, 1.807) is 0 Å². The van der Waals surface area contributed by atoms with E-state index < -0.39 is 0 Å². The highest BCUT2D eigenvalue weighted by Gasteiger charge is 2.10. The van der Waals surface area contributed by atoms with Crippen LogP contribution < -0.4 is 5.32 Å². The molecular weight excluding hydrogens is 240 g/mol. The summed E-state index contributed by atoms with van der Waals surface area (Å²) in [5, 5.41) is 7.92. The van der Waals surface area contributed by atoms with Gasteiger partial charge in [-0.3, -0.25) is 9.58 Å². The fourth-order valence-electron chi connectivity index (χ4n) is 2.33. The fourth-order valence-corrected chi connectivity index (χ4v) is 2.33. The Morgan fingerprint density at radius 3 is 2.95 bits per heavy atom. The summed E-state index contributed by atoms with van der Waals surface area (Å²) in [6.45, 7) is 11.3. The van der Waals surface area contributed by atoms with Crippen LogP contribution in [0.2, 0.25) is 0 Å². The number of hydrogen-bond acceptors (Lipinski definition) is 4. The Kier molecular flexibility index (Phi) is 5.82. The zero-order chi connectivity index (χ0) is 13.5. The summed E-state index contributed by atoms with van der Waals surface area (Å²) in [5.74, 6) is 0. The van der Waals surface area contributed by atoms with E-state index in [-0.39, 0.29) is 0 Å². The lowest BCUT2D eigenvalue weighted by Crippen LogP contribution is -2.40. The third kappa shape index (κ3) is 4.30. The second kappa shape index (κ2) is 7.62. The van der Waals surface area contributed by atoms with Crippen LogP contribution in [0.1, 0.15) is 32.0 Å². The first-order valence-electron chi connectivity index (χ1n) is 7.34. The lowest BCUT2D eigenvalue weighted by atomic mass is 10.2. The Balaban J connectivity index is 1.69. The number of nitrogens with one attached hydrogen (secondary N) is 1. The lowest BCUT2D eigenvalue weighted by Gasteiger charge is -2.26. The van der Waals surface area contributed by atoms with Gasteiger partial charge in [0.25, 0.3) is 0 Å². The predicted molar refractivity (Wildman–Crippen MR) is 76.2 cm³/mol. The molecule has 0 amide bonds. The Morgan fingerprint density at radius 2 is 2.21 bits per heavy atom. The van der Waals surface area contributed by atoms with Crippen molar-refractivity contribution in [1.29, 1.82) is 0 Å². The van der Waals surface area contributed by atoms with Gasteiger partial charge in [0.05, 0.1) is 18.9 Å². The van der Waals surface area contributed by atoms with Crippen molar-refractivity contribution < 1.29 is 4.74 Å². The monoisotopic (exact) mass is 266 g/mol. The van der Waals surface area contributed by atoms with Crippen LogP contribution in [0.4, 0.5) is 0 Å². The molecule has 0 radical (unpaired) electrons. The number of aromatic nitrogens is 2. The summed E-state index contributed by atoms with van der Waals surface area (Å²) in [6.07, 6.45) is 3.01. The van der Waals surface area contributed by atoms with Crippen molar-refractivity contribution in [1.82, 2.24) is 20.0 Å². The molecule has 1 saturated heterocycles. The highest BCUT2D eigenvalue weighted by Crippen LogP contribution is 2.11. The topological polar surface area (TPSA) is 42.3 Å². The van der Waals surface area contributed by atoms with Crippen LogP contribution in [0.15, 0.2) is 12.3 Å². The van der Waals surface area contributed by atoms with Gasteiger partial charge in [-0.1, -0.05) is 6.92 Å². The Labute approximate surface area is 115 Å². The number of ether oxygens (including phenoxy) is 1. The van der Waals surface area contributed by atoms with Crippen molar-refractivity contribution in [3.05, 3.63) is 18.0 Å². The molecule has 108 valence electrons. The normalized spacial score (nSPS) is 18.6. The maximum absolute atomic E-state index is 5.35. The zero-order valence-corrected chi connectivity index (χ0v) is 12.1. The molecule has 0 aromatic carbocycles. The molecular formula is C14H26N4O. The summed E-state index contributed by atoms with van der Waals surface area (Å²) in [6, 6.07) is 2.58. The predicted octanol–water partition coefficient (Wildman–Crippen LogP) is 1.28. The van der Waals surface area contributed by atoms with E-state index in [1.807, 2.05) is 6.20 Å². The van der Waals surface area contributed by atoms with E-state index in [0.717, 1.165) is 52.4 Å². The Morgan fingerprint density at radius 1 is 1.42 bits per heavy atom. The number of hydrogen-bond donors (Lipinski definition) is 1. The average Bonchev–Trinajstić information content (AvgIpc) is 2.92. The van der Waals surface area contributed by atoms with E-state index in [0.29, 0.717) is 6.04 Å². The molecule has 1 N–H and O–H groups in total. The largest absolute Gasteiger partial charge is 0.379 e. The van der Waals surface area contributed by atoms with Gasteiger partial charge in [0.15, 0.2) is 0 Å². The molecule has 0 aliphatic carbocycles. The minimum atomic E-state index is 0.478. The van der Waals surface area contributed by atoms with Gasteiger partial charge in [0.1, 0.15) is 0 Å². The van der Waals surface area contributed by atoms with Crippen LogP contribution in [0, 0.1) is 0 Å². The van der Waals surface area contributed by atoms with E-state index in [9.17, 15) is 0 Å². The highest BCUT2D eigenvalue weighted by molar-refractivity contribution is 5.01. The van der Waals surface area contributed by atoms with E-state index in [4.69, 9.17) is 4.74 Å². The fraction of sp³-hybridized carbons (Fsp3) is 0.786. The van der Waals surface area contributed by atoms with Crippen molar-refractivity contribution in [2.75, 3.05) is 39.4 Å². The minimum Gasteiger partial charge on any atom is -0.379 e. The van der Waals surface area contributed by atoms with Crippen molar-refractivity contribution in [2.24, 2.45) is 0 Å². The summed E-state index contributed by atoms with van der Waals surface area (Å²) >= 11 is 0. The average molecular weight is 266 g/mol. The third-order valence-corrected chi connectivity index (χ3v) is 3.78. The second-order valence-electron chi connectivity index (χ2n) is 5.16. The summed E-state index contributed by atoms with van der Waals surface area (Å²) in [4.78, 5) is 2.45. The smallest absolute Gasteiger partial charge is 0.0594 e. The summed E-state index contributed by atoms with van der Waals surface area (Å²) < 4.78 is 7.47. The number of rotatable bonds is 7. The first-order chi connectivity index (χ1) is 9.31. The standard InChI is InChI=1S/C14H26N4O/c1-3-13(2)18-14(4-5-16-18)12-15-6-7-17-8-10-19-11-9-17/h4-5,13,15H,3,6-12H2,1-2H3/t13-/m0/s1. The van der Waals surface area contributed by atoms with Crippen molar-refractivity contribution in [3.8, 4) is 0 Å². The quantitative estimate of drug-likeness (QED) is 0.755. The Bertz CT molecular complexity index is 360. The first-order valence-corrected chi connectivity index (χ1v) is 7.34. The molecule has 1 aliphatic rings. The van der Waals surface area contributed by atoms with E-state index >= 15 is 0 Å². The molecule has 2 heterocycles. The molecule has 1 aliphatic heterocycles. The molecule has 1 aromatic rings. The molecule has 19 heavy (non-hydrogen) atoms. The van der Waals surface area contributed by atoms with Crippen molar-refractivity contribution >= 4 is 0 Å². The van der Waals surface area contributed by atoms with Crippen LogP contribution in [0.5, 0.6) is 0 Å². The first kappa shape index (κ1) is 14.5. The van der Waals surface area contributed by atoms with Crippen LogP contribution in [0.3, 0.4) is 0 Å².